The van der Waals surface area contributed by atoms with E-state index >= 15 is 0 Å². The van der Waals surface area contributed by atoms with E-state index in [0.29, 0.717) is 18.9 Å². The normalized spacial score (nSPS) is 19.5. The molecule has 0 N–H and O–H groups in total. The molecule has 2 aliphatic rings. The number of rotatable bonds is 4. The van der Waals surface area contributed by atoms with Gasteiger partial charge in [-0.15, -0.1) is 21.5 Å². The monoisotopic (exact) mass is 432 g/mol. The van der Waals surface area contributed by atoms with Crippen LogP contribution in [-0.2, 0) is 11.2 Å². The third-order valence-corrected chi connectivity index (χ3v) is 7.21. The number of nitrogens with zero attached hydrogens (tertiary/aromatic N) is 6. The van der Waals surface area contributed by atoms with Crippen molar-refractivity contribution in [1.82, 2.24) is 24.5 Å². The molecule has 8 heteroatoms. The molecule has 1 aromatic carbocycles. The highest BCUT2D eigenvalue weighted by molar-refractivity contribution is 7.10. The van der Waals surface area contributed by atoms with Gasteiger partial charge in [0.1, 0.15) is 5.82 Å². The maximum atomic E-state index is 12.9. The SMILES string of the molecule is C[C@H]1CN(c2nc3ccccc3c3nnc(C4CC4)n23)CCN1C(=O)Cc1cccs1. The number of amides is 1. The minimum absolute atomic E-state index is 0.116. The Morgan fingerprint density at radius 2 is 2.00 bits per heavy atom. The Morgan fingerprint density at radius 3 is 2.77 bits per heavy atom. The van der Waals surface area contributed by atoms with E-state index in [9.17, 15) is 4.79 Å². The number of carbonyl (C=O) groups is 1. The van der Waals surface area contributed by atoms with Gasteiger partial charge in [-0.05, 0) is 43.3 Å². The zero-order valence-corrected chi connectivity index (χ0v) is 18.3. The second-order valence-electron chi connectivity index (χ2n) is 8.56. The van der Waals surface area contributed by atoms with E-state index in [4.69, 9.17) is 4.98 Å². The summed E-state index contributed by atoms with van der Waals surface area (Å²) >= 11 is 1.64. The fourth-order valence-corrected chi connectivity index (χ4v) is 5.27. The maximum Gasteiger partial charge on any atom is 0.228 e. The van der Waals surface area contributed by atoms with E-state index in [0.717, 1.165) is 59.1 Å². The average molecular weight is 433 g/mol. The largest absolute Gasteiger partial charge is 0.338 e. The zero-order valence-electron chi connectivity index (χ0n) is 17.4. The molecule has 0 unspecified atom stereocenters. The third kappa shape index (κ3) is 3.26. The second kappa shape index (κ2) is 7.30. The number of fused-ring (bicyclic) bond motifs is 3. The fourth-order valence-electron chi connectivity index (χ4n) is 4.58. The first kappa shape index (κ1) is 18.7. The summed E-state index contributed by atoms with van der Waals surface area (Å²) in [4.78, 5) is 23.4. The van der Waals surface area contributed by atoms with Crippen LogP contribution < -0.4 is 4.90 Å². The first-order valence-electron chi connectivity index (χ1n) is 10.9. The molecular weight excluding hydrogens is 408 g/mol. The number of aromatic nitrogens is 4. The molecule has 1 aliphatic carbocycles. The number of hydrogen-bond donors (Lipinski definition) is 0. The second-order valence-corrected chi connectivity index (χ2v) is 9.59. The van der Waals surface area contributed by atoms with Crippen molar-refractivity contribution in [3.8, 4) is 0 Å². The Hall–Kier alpha value is -3.00. The number of para-hydroxylation sites is 1. The molecule has 4 aromatic rings. The third-order valence-electron chi connectivity index (χ3n) is 6.33. The van der Waals surface area contributed by atoms with Crippen molar-refractivity contribution in [3.05, 3.63) is 52.5 Å². The molecule has 7 nitrogen and oxygen atoms in total. The summed E-state index contributed by atoms with van der Waals surface area (Å²) in [5, 5.41) is 12.2. The minimum Gasteiger partial charge on any atom is -0.338 e. The molecule has 1 atom stereocenters. The van der Waals surface area contributed by atoms with E-state index < -0.39 is 0 Å². The summed E-state index contributed by atoms with van der Waals surface area (Å²) in [6, 6.07) is 12.3. The van der Waals surface area contributed by atoms with Gasteiger partial charge in [-0.1, -0.05) is 18.2 Å². The highest BCUT2D eigenvalue weighted by Crippen LogP contribution is 2.40. The lowest BCUT2D eigenvalue weighted by Crippen LogP contribution is -2.55. The topological polar surface area (TPSA) is 66.6 Å². The van der Waals surface area contributed by atoms with Gasteiger partial charge in [0.25, 0.3) is 0 Å². The van der Waals surface area contributed by atoms with Crippen LogP contribution in [-0.4, -0.2) is 56.1 Å². The van der Waals surface area contributed by atoms with Crippen LogP contribution in [0.15, 0.2) is 41.8 Å². The van der Waals surface area contributed by atoms with Gasteiger partial charge in [0.05, 0.1) is 11.9 Å². The number of thiophene rings is 1. The maximum absolute atomic E-state index is 12.9. The van der Waals surface area contributed by atoms with Gasteiger partial charge in [-0.3, -0.25) is 4.79 Å². The standard InChI is InChI=1S/C23H24N6OS/c1-15-14-27(10-11-28(15)20(30)13-17-5-4-12-31-17)23-24-19-7-3-2-6-18(19)22-26-25-21(29(22)23)16-8-9-16/h2-7,12,15-16H,8-11,13-14H2,1H3/t15-/m0/s1. The summed E-state index contributed by atoms with van der Waals surface area (Å²) in [6.45, 7) is 4.33. The molecule has 6 rings (SSSR count). The number of hydrogen-bond acceptors (Lipinski definition) is 6. The molecule has 2 fully saturated rings. The molecule has 0 spiro atoms. The smallest absolute Gasteiger partial charge is 0.228 e. The van der Waals surface area contributed by atoms with E-state index in [2.05, 4.69) is 32.5 Å². The zero-order chi connectivity index (χ0) is 20.9. The minimum atomic E-state index is 0.116. The predicted octanol–water partition coefficient (Wildman–Crippen LogP) is 3.50. The van der Waals surface area contributed by atoms with Crippen molar-refractivity contribution in [2.45, 2.75) is 38.1 Å². The molecule has 3 aromatic heterocycles. The molecule has 31 heavy (non-hydrogen) atoms. The highest BCUT2D eigenvalue weighted by Gasteiger charge is 2.33. The number of piperazine rings is 1. The van der Waals surface area contributed by atoms with Crippen LogP contribution in [0.3, 0.4) is 0 Å². The lowest BCUT2D eigenvalue weighted by Gasteiger charge is -2.40. The van der Waals surface area contributed by atoms with Gasteiger partial charge in [0.2, 0.25) is 11.9 Å². The molecule has 4 heterocycles. The van der Waals surface area contributed by atoms with Crippen molar-refractivity contribution in [1.29, 1.82) is 0 Å². The Balaban J connectivity index is 1.33. The van der Waals surface area contributed by atoms with Crippen LogP contribution >= 0.6 is 11.3 Å². The van der Waals surface area contributed by atoms with Crippen LogP contribution in [0.25, 0.3) is 16.6 Å². The molecular formula is C23H24N6OS. The molecule has 1 amide bonds. The summed E-state index contributed by atoms with van der Waals surface area (Å²) in [5.74, 6) is 2.60. The molecule has 1 aliphatic heterocycles. The first-order chi connectivity index (χ1) is 15.2. The van der Waals surface area contributed by atoms with Gasteiger partial charge in [0, 0.05) is 41.9 Å². The van der Waals surface area contributed by atoms with Gasteiger partial charge < -0.3 is 9.80 Å². The summed E-state index contributed by atoms with van der Waals surface area (Å²) in [6.07, 6.45) is 2.81. The Bertz CT molecular complexity index is 1260. The Morgan fingerprint density at radius 1 is 1.13 bits per heavy atom. The van der Waals surface area contributed by atoms with Gasteiger partial charge in [-0.25, -0.2) is 9.38 Å². The van der Waals surface area contributed by atoms with Crippen molar-refractivity contribution < 1.29 is 4.79 Å². The molecule has 1 saturated heterocycles. The quantitative estimate of drug-likeness (QED) is 0.494. The molecule has 0 bridgehead atoms. The van der Waals surface area contributed by atoms with E-state index in [1.165, 1.54) is 0 Å². The van der Waals surface area contributed by atoms with Crippen molar-refractivity contribution >= 4 is 39.7 Å². The number of carbonyl (C=O) groups excluding carboxylic acids is 1. The van der Waals surface area contributed by atoms with Crippen LogP contribution in [0, 0.1) is 0 Å². The summed E-state index contributed by atoms with van der Waals surface area (Å²) in [7, 11) is 0. The number of benzene rings is 1. The highest BCUT2D eigenvalue weighted by atomic mass is 32.1. The van der Waals surface area contributed by atoms with Crippen molar-refractivity contribution in [2.75, 3.05) is 24.5 Å². The van der Waals surface area contributed by atoms with Crippen LogP contribution in [0.1, 0.15) is 36.4 Å². The van der Waals surface area contributed by atoms with Crippen molar-refractivity contribution in [3.63, 3.8) is 0 Å². The van der Waals surface area contributed by atoms with Gasteiger partial charge in [0.15, 0.2) is 5.65 Å². The van der Waals surface area contributed by atoms with E-state index in [-0.39, 0.29) is 11.9 Å². The molecule has 1 saturated carbocycles. The van der Waals surface area contributed by atoms with Gasteiger partial charge in [-0.2, -0.15) is 0 Å². The predicted molar refractivity (Wildman–Crippen MR) is 122 cm³/mol. The van der Waals surface area contributed by atoms with E-state index in [1.54, 1.807) is 11.3 Å². The fraction of sp³-hybridized carbons (Fsp3) is 0.391. The lowest BCUT2D eigenvalue weighted by atomic mass is 10.1. The lowest BCUT2D eigenvalue weighted by molar-refractivity contribution is -0.132. The van der Waals surface area contributed by atoms with Gasteiger partial charge >= 0.3 is 0 Å². The first-order valence-corrected chi connectivity index (χ1v) is 11.8. The van der Waals surface area contributed by atoms with Crippen molar-refractivity contribution in [2.24, 2.45) is 0 Å². The number of anilines is 1. The Labute approximate surface area is 184 Å². The van der Waals surface area contributed by atoms with Crippen LogP contribution in [0.4, 0.5) is 5.95 Å². The average Bonchev–Trinajstić information content (AvgIpc) is 3.31. The molecule has 0 radical (unpaired) electrons. The summed E-state index contributed by atoms with van der Waals surface area (Å²) < 4.78 is 2.16. The summed E-state index contributed by atoms with van der Waals surface area (Å²) in [5.41, 5.74) is 1.81. The van der Waals surface area contributed by atoms with Crippen LogP contribution in [0.2, 0.25) is 0 Å². The molecule has 158 valence electrons. The Kier molecular flexibility index (Phi) is 4.41. The van der Waals surface area contributed by atoms with E-state index in [1.807, 2.05) is 40.6 Å². The van der Waals surface area contributed by atoms with Crippen LogP contribution in [0.5, 0.6) is 0 Å².